The molecule has 30 heavy (non-hydrogen) atoms. The normalized spacial score (nSPS) is 11.5. The van der Waals surface area contributed by atoms with E-state index in [1.54, 1.807) is 32.9 Å². The van der Waals surface area contributed by atoms with E-state index in [4.69, 9.17) is 4.74 Å². The Labute approximate surface area is 184 Å². The minimum Gasteiger partial charge on any atom is -0.492 e. The fourth-order valence-corrected chi connectivity index (χ4v) is 5.42. The maximum atomic E-state index is 13.0. The zero-order valence-electron chi connectivity index (χ0n) is 18.0. The first kappa shape index (κ1) is 24.2. The van der Waals surface area contributed by atoms with E-state index in [1.165, 1.54) is 33.3 Å². The summed E-state index contributed by atoms with van der Waals surface area (Å²) in [7, 11) is -3.72. The van der Waals surface area contributed by atoms with Crippen molar-refractivity contribution in [3.63, 3.8) is 0 Å². The molecular weight excluding hydrogens is 420 g/mol. The van der Waals surface area contributed by atoms with Crippen molar-refractivity contribution < 1.29 is 17.9 Å². The van der Waals surface area contributed by atoms with Gasteiger partial charge in [0.2, 0.25) is 15.9 Å². The smallest absolute Gasteiger partial charge is 0.246 e. The third-order valence-electron chi connectivity index (χ3n) is 4.43. The van der Waals surface area contributed by atoms with E-state index in [2.05, 4.69) is 11.4 Å². The summed E-state index contributed by atoms with van der Waals surface area (Å²) in [6.45, 7) is 8.48. The van der Waals surface area contributed by atoms with E-state index in [9.17, 15) is 13.2 Å². The molecule has 1 N–H and O–H groups in total. The van der Waals surface area contributed by atoms with Crippen molar-refractivity contribution in [2.24, 2.45) is 0 Å². The Morgan fingerprint density at radius 1 is 1.10 bits per heavy atom. The molecule has 0 bridgehead atoms. The Kier molecular flexibility index (Phi) is 9.20. The number of benzene rings is 2. The van der Waals surface area contributed by atoms with Gasteiger partial charge in [0.25, 0.3) is 0 Å². The first-order chi connectivity index (χ1) is 14.3. The van der Waals surface area contributed by atoms with Crippen LogP contribution in [0.3, 0.4) is 0 Å². The number of nitrogens with zero attached hydrogens (tertiary/aromatic N) is 1. The summed E-state index contributed by atoms with van der Waals surface area (Å²) in [6.07, 6.45) is 0. The third-order valence-corrected chi connectivity index (χ3v) is 7.51. The van der Waals surface area contributed by atoms with E-state index < -0.39 is 10.0 Å². The zero-order chi connectivity index (χ0) is 22.1. The fraction of sp³-hybridized carbons (Fsp3) is 0.409. The number of amides is 1. The largest absolute Gasteiger partial charge is 0.492 e. The van der Waals surface area contributed by atoms with Crippen molar-refractivity contribution >= 4 is 33.4 Å². The molecular formula is C22H30N2O4S2. The second kappa shape index (κ2) is 11.4. The molecule has 6 nitrogen and oxygen atoms in total. The molecule has 0 saturated carbocycles. The molecule has 0 fully saturated rings. The molecule has 0 aliphatic heterocycles. The van der Waals surface area contributed by atoms with E-state index in [1.807, 2.05) is 25.1 Å². The minimum absolute atomic E-state index is 0.0678. The number of sulfonamides is 1. The number of nitrogens with one attached hydrogen (secondary N) is 1. The Bertz CT molecular complexity index is 957. The van der Waals surface area contributed by atoms with Gasteiger partial charge in [-0.2, -0.15) is 4.31 Å². The number of hydrogen-bond donors (Lipinski definition) is 1. The van der Waals surface area contributed by atoms with E-state index >= 15 is 0 Å². The van der Waals surface area contributed by atoms with Crippen LogP contribution in [0, 0.1) is 6.92 Å². The van der Waals surface area contributed by atoms with E-state index in [-0.39, 0.29) is 22.3 Å². The SMILES string of the molecule is CCOc1ccc(NC(=O)CSCc2cccc(C)c2)cc1S(=O)(=O)N(CC)CC. The van der Waals surface area contributed by atoms with Gasteiger partial charge in [-0.25, -0.2) is 8.42 Å². The lowest BCUT2D eigenvalue weighted by atomic mass is 10.2. The van der Waals surface area contributed by atoms with Gasteiger partial charge in [0, 0.05) is 24.5 Å². The minimum atomic E-state index is -3.72. The molecule has 8 heteroatoms. The van der Waals surface area contributed by atoms with Crippen molar-refractivity contribution in [2.45, 2.75) is 38.3 Å². The molecule has 0 unspecified atom stereocenters. The standard InChI is InChI=1S/C22H30N2O4S2/c1-5-24(6-2)30(26,27)21-14-19(11-12-20(21)28-7-3)23-22(25)16-29-15-18-10-8-9-17(4)13-18/h8-14H,5-7,15-16H2,1-4H3,(H,23,25). The van der Waals surface area contributed by atoms with Crippen molar-refractivity contribution in [2.75, 3.05) is 30.8 Å². The highest BCUT2D eigenvalue weighted by atomic mass is 32.2. The molecule has 2 rings (SSSR count). The molecule has 0 heterocycles. The Hall–Kier alpha value is -2.03. The summed E-state index contributed by atoms with van der Waals surface area (Å²) >= 11 is 1.51. The second-order valence-corrected chi connectivity index (χ2v) is 9.61. The molecule has 164 valence electrons. The average Bonchev–Trinajstić information content (AvgIpc) is 2.70. The monoisotopic (exact) mass is 450 g/mol. The molecule has 0 atom stereocenters. The molecule has 0 aliphatic carbocycles. The first-order valence-electron chi connectivity index (χ1n) is 10.0. The van der Waals surface area contributed by atoms with Gasteiger partial charge in [0.1, 0.15) is 10.6 Å². The maximum Gasteiger partial charge on any atom is 0.246 e. The van der Waals surface area contributed by atoms with Crippen LogP contribution < -0.4 is 10.1 Å². The summed E-state index contributed by atoms with van der Waals surface area (Å²) in [5.74, 6) is 1.12. The number of anilines is 1. The highest BCUT2D eigenvalue weighted by Crippen LogP contribution is 2.30. The van der Waals surface area contributed by atoms with Gasteiger partial charge in [0.05, 0.1) is 12.4 Å². The summed E-state index contributed by atoms with van der Waals surface area (Å²) in [6, 6.07) is 12.9. The van der Waals surface area contributed by atoms with Crippen LogP contribution in [0.4, 0.5) is 5.69 Å². The quantitative estimate of drug-likeness (QED) is 0.553. The van der Waals surface area contributed by atoms with Gasteiger partial charge in [-0.1, -0.05) is 43.7 Å². The Morgan fingerprint density at radius 2 is 1.83 bits per heavy atom. The molecule has 0 radical (unpaired) electrons. The lowest BCUT2D eigenvalue weighted by molar-refractivity contribution is -0.113. The number of ether oxygens (including phenoxy) is 1. The lowest BCUT2D eigenvalue weighted by Crippen LogP contribution is -2.31. The van der Waals surface area contributed by atoms with Gasteiger partial charge in [-0.15, -0.1) is 11.8 Å². The van der Waals surface area contributed by atoms with Crippen LogP contribution in [-0.4, -0.2) is 44.1 Å². The van der Waals surface area contributed by atoms with Crippen LogP contribution in [0.2, 0.25) is 0 Å². The number of aryl methyl sites for hydroxylation is 1. The van der Waals surface area contributed by atoms with Crippen LogP contribution in [0.25, 0.3) is 0 Å². The number of carbonyl (C=O) groups is 1. The molecule has 0 aromatic heterocycles. The summed E-state index contributed by atoms with van der Waals surface area (Å²) in [5, 5.41) is 2.80. The fourth-order valence-electron chi connectivity index (χ4n) is 3.03. The predicted molar refractivity (Wildman–Crippen MR) is 124 cm³/mol. The van der Waals surface area contributed by atoms with Crippen molar-refractivity contribution in [3.05, 3.63) is 53.6 Å². The first-order valence-corrected chi connectivity index (χ1v) is 12.6. The lowest BCUT2D eigenvalue weighted by Gasteiger charge is -2.21. The van der Waals surface area contributed by atoms with Gasteiger partial charge >= 0.3 is 0 Å². The highest BCUT2D eigenvalue weighted by Gasteiger charge is 2.26. The van der Waals surface area contributed by atoms with Crippen molar-refractivity contribution in [1.82, 2.24) is 4.31 Å². The van der Waals surface area contributed by atoms with Gasteiger partial charge < -0.3 is 10.1 Å². The number of hydrogen-bond acceptors (Lipinski definition) is 5. The van der Waals surface area contributed by atoms with Gasteiger partial charge in [-0.05, 0) is 37.6 Å². The Morgan fingerprint density at radius 3 is 2.47 bits per heavy atom. The highest BCUT2D eigenvalue weighted by molar-refractivity contribution is 7.99. The molecule has 2 aromatic carbocycles. The molecule has 1 amide bonds. The molecule has 0 aliphatic rings. The molecule has 0 spiro atoms. The number of rotatable bonds is 11. The maximum absolute atomic E-state index is 13.0. The van der Waals surface area contributed by atoms with Gasteiger partial charge in [-0.3, -0.25) is 4.79 Å². The van der Waals surface area contributed by atoms with Crippen molar-refractivity contribution in [1.29, 1.82) is 0 Å². The van der Waals surface area contributed by atoms with Crippen LogP contribution in [-0.2, 0) is 20.6 Å². The third kappa shape index (κ3) is 6.48. The summed E-state index contributed by atoms with van der Waals surface area (Å²) < 4.78 is 32.9. The van der Waals surface area contributed by atoms with Crippen LogP contribution in [0.1, 0.15) is 31.9 Å². The summed E-state index contributed by atoms with van der Waals surface area (Å²) in [4.78, 5) is 12.4. The summed E-state index contributed by atoms with van der Waals surface area (Å²) in [5.41, 5.74) is 2.79. The van der Waals surface area contributed by atoms with E-state index in [0.29, 0.717) is 25.4 Å². The van der Waals surface area contributed by atoms with Crippen LogP contribution in [0.15, 0.2) is 47.4 Å². The predicted octanol–water partition coefficient (Wildman–Crippen LogP) is 4.30. The molecule has 2 aromatic rings. The number of carbonyl (C=O) groups excluding carboxylic acids is 1. The molecule has 0 saturated heterocycles. The van der Waals surface area contributed by atoms with E-state index in [0.717, 1.165) is 5.75 Å². The van der Waals surface area contributed by atoms with Crippen molar-refractivity contribution in [3.8, 4) is 5.75 Å². The van der Waals surface area contributed by atoms with Crippen LogP contribution in [0.5, 0.6) is 5.75 Å². The number of thioether (sulfide) groups is 1. The average molecular weight is 451 g/mol. The zero-order valence-corrected chi connectivity index (χ0v) is 19.6. The second-order valence-electron chi connectivity index (χ2n) is 6.71. The van der Waals surface area contributed by atoms with Gasteiger partial charge in [0.15, 0.2) is 0 Å². The topological polar surface area (TPSA) is 75.7 Å². The Balaban J connectivity index is 2.11. The van der Waals surface area contributed by atoms with Crippen LogP contribution >= 0.6 is 11.8 Å².